The van der Waals surface area contributed by atoms with Gasteiger partial charge in [-0.3, -0.25) is 14.9 Å². The van der Waals surface area contributed by atoms with Crippen LogP contribution in [0.3, 0.4) is 0 Å². The van der Waals surface area contributed by atoms with Gasteiger partial charge in [-0.1, -0.05) is 18.2 Å². The second-order valence-electron chi connectivity index (χ2n) is 6.53. The van der Waals surface area contributed by atoms with Gasteiger partial charge in [-0.2, -0.15) is 0 Å². The van der Waals surface area contributed by atoms with Crippen molar-refractivity contribution >= 4 is 17.3 Å². The quantitative estimate of drug-likeness (QED) is 0.636. The number of non-ortho nitro benzene ring substituents is 1. The van der Waals surface area contributed by atoms with Crippen LogP contribution in [-0.4, -0.2) is 30.5 Å². The molecular weight excluding hydrogens is 330 g/mol. The topological polar surface area (TPSA) is 75.5 Å². The zero-order valence-electron chi connectivity index (χ0n) is 14.7. The molecule has 1 aliphatic rings. The van der Waals surface area contributed by atoms with E-state index in [-0.39, 0.29) is 11.6 Å². The molecule has 6 heteroatoms. The molecule has 136 valence electrons. The Bertz CT molecular complexity index is 768. The molecule has 3 rings (SSSR count). The van der Waals surface area contributed by atoms with Crippen molar-refractivity contribution in [3.05, 3.63) is 69.8 Å². The van der Waals surface area contributed by atoms with Gasteiger partial charge in [0.1, 0.15) is 0 Å². The summed E-state index contributed by atoms with van der Waals surface area (Å²) in [6, 6.07) is 14.3. The fourth-order valence-corrected chi connectivity index (χ4v) is 3.21. The number of nitrogens with one attached hydrogen (secondary N) is 1. The van der Waals surface area contributed by atoms with Gasteiger partial charge < -0.3 is 10.2 Å². The molecule has 2 aromatic carbocycles. The zero-order chi connectivity index (χ0) is 18.4. The minimum absolute atomic E-state index is 0.0778. The van der Waals surface area contributed by atoms with Crippen LogP contribution < -0.4 is 10.2 Å². The first kappa shape index (κ1) is 17.9. The minimum atomic E-state index is -0.499. The normalized spacial score (nSPS) is 14.1. The lowest BCUT2D eigenvalue weighted by Crippen LogP contribution is -2.29. The van der Waals surface area contributed by atoms with E-state index in [0.29, 0.717) is 12.1 Å². The lowest BCUT2D eigenvalue weighted by Gasteiger charge is -2.28. The number of nitrogens with zero attached hydrogens (tertiary/aromatic N) is 2. The zero-order valence-corrected chi connectivity index (χ0v) is 14.7. The summed E-state index contributed by atoms with van der Waals surface area (Å²) < 4.78 is 0. The molecule has 0 unspecified atom stereocenters. The second-order valence-corrected chi connectivity index (χ2v) is 6.53. The van der Waals surface area contributed by atoms with Crippen LogP contribution in [0.4, 0.5) is 11.4 Å². The third-order valence-electron chi connectivity index (χ3n) is 4.68. The monoisotopic (exact) mass is 353 g/mol. The molecule has 1 aliphatic heterocycles. The highest BCUT2D eigenvalue weighted by molar-refractivity contribution is 5.94. The van der Waals surface area contributed by atoms with Gasteiger partial charge in [0.2, 0.25) is 0 Å². The third kappa shape index (κ3) is 4.59. The molecule has 1 N–H and O–H groups in total. The lowest BCUT2D eigenvalue weighted by atomic mass is 10.1. The van der Waals surface area contributed by atoms with E-state index in [1.165, 1.54) is 43.1 Å². The van der Waals surface area contributed by atoms with Crippen LogP contribution in [0.1, 0.15) is 35.2 Å². The van der Waals surface area contributed by atoms with Crippen molar-refractivity contribution in [1.82, 2.24) is 5.32 Å². The predicted octanol–water partition coefficient (Wildman–Crippen LogP) is 3.56. The molecule has 0 spiro atoms. The van der Waals surface area contributed by atoms with Gasteiger partial charge in [0.05, 0.1) is 4.92 Å². The minimum Gasteiger partial charge on any atom is -0.372 e. The summed E-state index contributed by atoms with van der Waals surface area (Å²) in [4.78, 5) is 24.8. The Morgan fingerprint density at radius 3 is 2.50 bits per heavy atom. The Labute approximate surface area is 153 Å². The van der Waals surface area contributed by atoms with Crippen molar-refractivity contribution in [3.8, 4) is 0 Å². The van der Waals surface area contributed by atoms with E-state index in [9.17, 15) is 14.9 Å². The average molecular weight is 353 g/mol. The highest BCUT2D eigenvalue weighted by atomic mass is 16.6. The molecule has 0 radical (unpaired) electrons. The van der Waals surface area contributed by atoms with E-state index in [0.717, 1.165) is 25.1 Å². The maximum Gasteiger partial charge on any atom is 0.270 e. The molecule has 1 fully saturated rings. The van der Waals surface area contributed by atoms with Crippen LogP contribution in [-0.2, 0) is 6.42 Å². The first-order chi connectivity index (χ1) is 12.6. The maximum absolute atomic E-state index is 12.1. The summed E-state index contributed by atoms with van der Waals surface area (Å²) in [5, 5.41) is 13.6. The molecule has 0 saturated carbocycles. The van der Waals surface area contributed by atoms with E-state index in [4.69, 9.17) is 0 Å². The second kappa shape index (κ2) is 8.47. The predicted molar refractivity (Wildman–Crippen MR) is 102 cm³/mol. The fourth-order valence-electron chi connectivity index (χ4n) is 3.21. The number of carbonyl (C=O) groups excluding carboxylic acids is 1. The summed E-state index contributed by atoms with van der Waals surface area (Å²) in [5.41, 5.74) is 2.64. The summed E-state index contributed by atoms with van der Waals surface area (Å²) >= 11 is 0. The molecule has 1 heterocycles. The number of carbonyl (C=O) groups is 1. The first-order valence-electron chi connectivity index (χ1n) is 9.00. The largest absolute Gasteiger partial charge is 0.372 e. The van der Waals surface area contributed by atoms with E-state index < -0.39 is 4.92 Å². The molecule has 0 atom stereocenters. The Balaban J connectivity index is 1.50. The van der Waals surface area contributed by atoms with Crippen molar-refractivity contribution in [2.45, 2.75) is 25.7 Å². The smallest absolute Gasteiger partial charge is 0.270 e. The van der Waals surface area contributed by atoms with Crippen molar-refractivity contribution in [1.29, 1.82) is 0 Å². The van der Waals surface area contributed by atoms with Crippen LogP contribution in [0.15, 0.2) is 48.5 Å². The van der Waals surface area contributed by atoms with Gasteiger partial charge in [0, 0.05) is 43.0 Å². The highest BCUT2D eigenvalue weighted by Crippen LogP contribution is 2.20. The van der Waals surface area contributed by atoms with Gasteiger partial charge in [0.25, 0.3) is 11.6 Å². The highest BCUT2D eigenvalue weighted by Gasteiger charge is 2.12. The van der Waals surface area contributed by atoms with E-state index in [1.807, 2.05) is 0 Å². The Kier molecular flexibility index (Phi) is 5.84. The Morgan fingerprint density at radius 1 is 1.08 bits per heavy atom. The molecule has 0 aromatic heterocycles. The molecule has 0 bridgehead atoms. The van der Waals surface area contributed by atoms with Gasteiger partial charge >= 0.3 is 0 Å². The van der Waals surface area contributed by atoms with Crippen LogP contribution in [0.25, 0.3) is 0 Å². The van der Waals surface area contributed by atoms with E-state index >= 15 is 0 Å². The fraction of sp³-hybridized carbons (Fsp3) is 0.350. The Morgan fingerprint density at radius 2 is 1.81 bits per heavy atom. The molecule has 2 aromatic rings. The number of piperidine rings is 1. The van der Waals surface area contributed by atoms with Crippen LogP contribution >= 0.6 is 0 Å². The van der Waals surface area contributed by atoms with Crippen LogP contribution in [0, 0.1) is 10.1 Å². The molecule has 0 aliphatic carbocycles. The van der Waals surface area contributed by atoms with E-state index in [2.05, 4.69) is 34.5 Å². The van der Waals surface area contributed by atoms with Crippen molar-refractivity contribution < 1.29 is 9.72 Å². The average Bonchev–Trinajstić information content (AvgIpc) is 2.69. The number of anilines is 1. The van der Waals surface area contributed by atoms with Gasteiger partial charge in [-0.05, 0) is 49.4 Å². The number of nitro benzene ring substituents is 1. The molecule has 26 heavy (non-hydrogen) atoms. The van der Waals surface area contributed by atoms with Crippen molar-refractivity contribution in [2.24, 2.45) is 0 Å². The lowest BCUT2D eigenvalue weighted by molar-refractivity contribution is -0.384. The standard InChI is InChI=1S/C20H23N3O3/c24-20(17-5-4-6-19(15-17)23(25)26)21-12-11-16-7-9-18(10-8-16)22-13-2-1-3-14-22/h4-10,15H,1-3,11-14H2,(H,21,24). The maximum atomic E-state index is 12.1. The van der Waals surface area contributed by atoms with Crippen LogP contribution in [0.5, 0.6) is 0 Å². The Hall–Kier alpha value is -2.89. The number of amides is 1. The molecular formula is C20H23N3O3. The SMILES string of the molecule is O=C(NCCc1ccc(N2CCCCC2)cc1)c1cccc([N+](=O)[O-])c1. The van der Waals surface area contributed by atoms with Crippen molar-refractivity contribution in [3.63, 3.8) is 0 Å². The van der Waals surface area contributed by atoms with Crippen LogP contribution in [0.2, 0.25) is 0 Å². The summed E-state index contributed by atoms with van der Waals surface area (Å²) in [6.45, 7) is 2.74. The van der Waals surface area contributed by atoms with Gasteiger partial charge in [-0.15, -0.1) is 0 Å². The number of rotatable bonds is 6. The first-order valence-corrected chi connectivity index (χ1v) is 9.00. The summed E-state index contributed by atoms with van der Waals surface area (Å²) in [5.74, 6) is -0.293. The van der Waals surface area contributed by atoms with E-state index in [1.54, 1.807) is 6.07 Å². The van der Waals surface area contributed by atoms with Gasteiger partial charge in [0.15, 0.2) is 0 Å². The molecule has 6 nitrogen and oxygen atoms in total. The number of benzene rings is 2. The number of hydrogen-bond donors (Lipinski definition) is 1. The number of hydrogen-bond acceptors (Lipinski definition) is 4. The molecule has 1 amide bonds. The van der Waals surface area contributed by atoms with Gasteiger partial charge in [-0.25, -0.2) is 0 Å². The summed E-state index contributed by atoms with van der Waals surface area (Å²) in [6.07, 6.45) is 4.55. The number of nitro groups is 1. The summed E-state index contributed by atoms with van der Waals surface area (Å²) in [7, 11) is 0. The van der Waals surface area contributed by atoms with Crippen molar-refractivity contribution in [2.75, 3.05) is 24.5 Å². The molecule has 1 saturated heterocycles. The third-order valence-corrected chi connectivity index (χ3v) is 4.68.